The maximum Gasteiger partial charge on any atom is 0.169 e. The van der Waals surface area contributed by atoms with Gasteiger partial charge in [0.2, 0.25) is 0 Å². The summed E-state index contributed by atoms with van der Waals surface area (Å²) in [5.41, 5.74) is 6.98. The topological polar surface area (TPSA) is 49.9 Å². The molecule has 1 unspecified atom stereocenters. The van der Waals surface area contributed by atoms with Crippen molar-refractivity contribution in [1.29, 1.82) is 0 Å². The number of para-hydroxylation sites is 1. The third kappa shape index (κ3) is 4.09. The second-order valence-corrected chi connectivity index (χ2v) is 10.3. The van der Waals surface area contributed by atoms with E-state index in [-0.39, 0.29) is 6.17 Å². The van der Waals surface area contributed by atoms with E-state index < -0.39 is 0 Å². The summed E-state index contributed by atoms with van der Waals surface area (Å²) < 4.78 is 6.47. The molecule has 0 saturated carbocycles. The van der Waals surface area contributed by atoms with Crippen molar-refractivity contribution >= 4 is 44.4 Å². The fourth-order valence-corrected chi connectivity index (χ4v) is 5.78. The molecular formula is C37H25N3O. The molecule has 4 heteroatoms. The molecule has 0 spiro atoms. The van der Waals surface area contributed by atoms with Crippen LogP contribution in [-0.2, 0) is 0 Å². The Morgan fingerprint density at radius 3 is 2.00 bits per heavy atom. The number of nitrogens with one attached hydrogen (secondary N) is 1. The first-order chi connectivity index (χ1) is 20.3. The molecule has 0 bridgehead atoms. The van der Waals surface area contributed by atoms with Gasteiger partial charge in [0.05, 0.1) is 0 Å². The van der Waals surface area contributed by atoms with Crippen LogP contribution in [0.1, 0.15) is 22.9 Å². The predicted octanol–water partition coefficient (Wildman–Crippen LogP) is 8.90. The van der Waals surface area contributed by atoms with Gasteiger partial charge in [0.15, 0.2) is 6.17 Å². The Labute approximate surface area is 237 Å². The van der Waals surface area contributed by atoms with Crippen molar-refractivity contribution in [3.8, 4) is 11.1 Å². The van der Waals surface area contributed by atoms with Crippen LogP contribution >= 0.6 is 0 Å². The zero-order valence-electron chi connectivity index (χ0n) is 22.2. The first kappa shape index (κ1) is 23.4. The molecule has 0 fully saturated rings. The molecule has 8 rings (SSSR count). The van der Waals surface area contributed by atoms with Crippen LogP contribution in [0.4, 0.5) is 0 Å². The Morgan fingerprint density at radius 1 is 0.512 bits per heavy atom. The number of benzene rings is 6. The molecule has 1 aliphatic heterocycles. The minimum atomic E-state index is -0.366. The number of aliphatic imine (C=N–C) groups is 2. The lowest BCUT2D eigenvalue weighted by molar-refractivity contribution is 0.669. The molecule has 7 aromatic rings. The van der Waals surface area contributed by atoms with Gasteiger partial charge in [0, 0.05) is 21.9 Å². The van der Waals surface area contributed by atoms with Gasteiger partial charge >= 0.3 is 0 Å². The maximum atomic E-state index is 6.47. The van der Waals surface area contributed by atoms with E-state index in [2.05, 4.69) is 96.3 Å². The molecule has 41 heavy (non-hydrogen) atoms. The maximum absolute atomic E-state index is 6.47. The molecular weight excluding hydrogens is 502 g/mol. The van der Waals surface area contributed by atoms with Crippen molar-refractivity contribution in [2.45, 2.75) is 6.17 Å². The van der Waals surface area contributed by atoms with Crippen molar-refractivity contribution in [3.63, 3.8) is 0 Å². The van der Waals surface area contributed by atoms with E-state index in [1.807, 2.05) is 48.5 Å². The fourth-order valence-electron chi connectivity index (χ4n) is 5.78. The molecule has 194 valence electrons. The molecule has 1 atom stereocenters. The van der Waals surface area contributed by atoms with Gasteiger partial charge in [0.1, 0.15) is 22.8 Å². The Bertz CT molecular complexity index is 2120. The third-order valence-electron chi connectivity index (χ3n) is 7.72. The van der Waals surface area contributed by atoms with Gasteiger partial charge in [0.25, 0.3) is 0 Å². The van der Waals surface area contributed by atoms with Crippen LogP contribution in [0.25, 0.3) is 43.8 Å². The minimum absolute atomic E-state index is 0.366. The largest absolute Gasteiger partial charge is 0.456 e. The standard InChI is InChI=1S/C37H25N3O/c1-3-13-25(14-4-1)35-38-36(26-15-5-2-6-16-26)40-37(39-35)27-22-31(29-20-11-17-24-12-7-8-18-28(24)29)34-30-19-9-10-21-32(30)41-33(34)23-27/h1-23,35H,(H,38,39,40). The number of nitrogens with zero attached hydrogens (tertiary/aromatic N) is 2. The fraction of sp³-hybridized carbons (Fsp3) is 0.0270. The molecule has 1 aliphatic rings. The summed E-state index contributed by atoms with van der Waals surface area (Å²) in [6, 6.07) is 48.1. The van der Waals surface area contributed by atoms with Crippen LogP contribution in [0.2, 0.25) is 0 Å². The SMILES string of the molecule is c1ccc(C2=NC(c3ccccc3)N=C(c3cc(-c4cccc5ccccc45)c4c(c3)oc3ccccc34)N2)cc1. The highest BCUT2D eigenvalue weighted by Crippen LogP contribution is 2.40. The monoisotopic (exact) mass is 527 g/mol. The highest BCUT2D eigenvalue weighted by Gasteiger charge is 2.23. The third-order valence-corrected chi connectivity index (χ3v) is 7.72. The predicted molar refractivity (Wildman–Crippen MR) is 168 cm³/mol. The highest BCUT2D eigenvalue weighted by atomic mass is 16.3. The summed E-state index contributed by atoms with van der Waals surface area (Å²) in [4.78, 5) is 10.1. The van der Waals surface area contributed by atoms with Crippen molar-refractivity contribution in [2.75, 3.05) is 0 Å². The van der Waals surface area contributed by atoms with E-state index in [9.17, 15) is 0 Å². The molecule has 0 radical (unpaired) electrons. The van der Waals surface area contributed by atoms with Crippen molar-refractivity contribution in [2.24, 2.45) is 9.98 Å². The molecule has 1 aromatic heterocycles. The van der Waals surface area contributed by atoms with Gasteiger partial charge in [-0.25, -0.2) is 9.98 Å². The van der Waals surface area contributed by atoms with E-state index in [1.165, 1.54) is 10.8 Å². The lowest BCUT2D eigenvalue weighted by Gasteiger charge is -2.23. The molecule has 0 aliphatic carbocycles. The van der Waals surface area contributed by atoms with Gasteiger partial charge in [-0.1, -0.05) is 121 Å². The zero-order valence-corrected chi connectivity index (χ0v) is 22.2. The van der Waals surface area contributed by atoms with Crippen LogP contribution in [0.15, 0.2) is 154 Å². The van der Waals surface area contributed by atoms with Crippen molar-refractivity contribution in [3.05, 3.63) is 156 Å². The Morgan fingerprint density at radius 2 is 1.17 bits per heavy atom. The molecule has 2 heterocycles. The Kier molecular flexibility index (Phi) is 5.49. The quantitative estimate of drug-likeness (QED) is 0.248. The smallest absolute Gasteiger partial charge is 0.169 e. The van der Waals surface area contributed by atoms with Crippen LogP contribution in [-0.4, -0.2) is 11.7 Å². The average Bonchev–Trinajstić information content (AvgIpc) is 3.43. The number of rotatable bonds is 4. The van der Waals surface area contributed by atoms with E-state index in [0.717, 1.165) is 61.4 Å². The summed E-state index contributed by atoms with van der Waals surface area (Å²) in [6.45, 7) is 0. The average molecular weight is 528 g/mol. The molecule has 0 amide bonds. The number of hydrogen-bond acceptors (Lipinski definition) is 4. The van der Waals surface area contributed by atoms with Gasteiger partial charge in [-0.15, -0.1) is 0 Å². The summed E-state index contributed by atoms with van der Waals surface area (Å²) in [6.07, 6.45) is -0.366. The summed E-state index contributed by atoms with van der Waals surface area (Å²) in [5, 5.41) is 8.17. The molecule has 6 aromatic carbocycles. The first-order valence-electron chi connectivity index (χ1n) is 13.8. The van der Waals surface area contributed by atoms with E-state index in [0.29, 0.717) is 0 Å². The normalized spacial score (nSPS) is 15.1. The lowest BCUT2D eigenvalue weighted by atomic mass is 9.93. The van der Waals surface area contributed by atoms with Crippen LogP contribution in [0, 0.1) is 0 Å². The number of furan rings is 1. The van der Waals surface area contributed by atoms with E-state index in [4.69, 9.17) is 14.4 Å². The van der Waals surface area contributed by atoms with E-state index >= 15 is 0 Å². The Balaban J connectivity index is 1.38. The minimum Gasteiger partial charge on any atom is -0.456 e. The molecule has 0 saturated heterocycles. The summed E-state index contributed by atoms with van der Waals surface area (Å²) in [7, 11) is 0. The number of hydrogen-bond donors (Lipinski definition) is 1. The van der Waals surface area contributed by atoms with Gasteiger partial charge in [-0.3, -0.25) is 0 Å². The molecule has 1 N–H and O–H groups in total. The van der Waals surface area contributed by atoms with Crippen molar-refractivity contribution in [1.82, 2.24) is 5.32 Å². The second-order valence-electron chi connectivity index (χ2n) is 10.3. The Hall–Kier alpha value is -5.48. The van der Waals surface area contributed by atoms with Crippen molar-refractivity contribution < 1.29 is 4.42 Å². The van der Waals surface area contributed by atoms with Crippen LogP contribution < -0.4 is 5.32 Å². The van der Waals surface area contributed by atoms with E-state index in [1.54, 1.807) is 0 Å². The molecule has 4 nitrogen and oxygen atoms in total. The zero-order chi connectivity index (χ0) is 27.2. The lowest BCUT2D eigenvalue weighted by Crippen LogP contribution is -2.36. The number of fused-ring (bicyclic) bond motifs is 4. The van der Waals surface area contributed by atoms with Gasteiger partial charge in [-0.2, -0.15) is 0 Å². The summed E-state index contributed by atoms with van der Waals surface area (Å²) >= 11 is 0. The van der Waals surface area contributed by atoms with Crippen LogP contribution in [0.5, 0.6) is 0 Å². The first-order valence-corrected chi connectivity index (χ1v) is 13.8. The highest BCUT2D eigenvalue weighted by molar-refractivity contribution is 6.20. The van der Waals surface area contributed by atoms with Crippen LogP contribution in [0.3, 0.4) is 0 Å². The summed E-state index contributed by atoms with van der Waals surface area (Å²) in [5.74, 6) is 1.55. The van der Waals surface area contributed by atoms with Gasteiger partial charge in [-0.05, 0) is 45.7 Å². The second kappa shape index (κ2) is 9.61. The number of amidine groups is 2. The van der Waals surface area contributed by atoms with Gasteiger partial charge < -0.3 is 9.73 Å².